The predicted molar refractivity (Wildman–Crippen MR) is 191 cm³/mol. The summed E-state index contributed by atoms with van der Waals surface area (Å²) in [6.45, 7) is -7.26. The van der Waals surface area contributed by atoms with E-state index in [1.54, 1.807) is 0 Å². The Bertz CT molecular complexity index is 703. The Hall–Kier alpha value is 2.58. The van der Waals surface area contributed by atoms with Gasteiger partial charge in [0.05, 0.1) is 66.1 Å². The fraction of sp³-hybridized carbons (Fsp3) is 1.00. The first-order valence-electron chi connectivity index (χ1n) is 17.4. The molecular weight excluding hydrogens is 960 g/mol. The van der Waals surface area contributed by atoms with Crippen LogP contribution in [0.4, 0.5) is 0 Å². The van der Waals surface area contributed by atoms with Gasteiger partial charge in [-0.1, -0.05) is 0 Å². The molecule has 0 unspecified atom stereocenters. The smallest absolute Gasteiger partial charge is 0.111 e. The van der Waals surface area contributed by atoms with Crippen molar-refractivity contribution in [3.63, 3.8) is 0 Å². The summed E-state index contributed by atoms with van der Waals surface area (Å²) in [6.07, 6.45) is -32.0. The van der Waals surface area contributed by atoms with Gasteiger partial charge in [-0.15, -0.1) is 0 Å². The molecule has 63 heavy (non-hydrogen) atoms. The van der Waals surface area contributed by atoms with Gasteiger partial charge in [-0.3, -0.25) is 0 Å². The Balaban J connectivity index is -0.0000000989. The maximum Gasteiger partial charge on any atom is 0.111 e. The van der Waals surface area contributed by atoms with E-state index in [2.05, 4.69) is 0 Å². The molecule has 0 amide bonds. The average Bonchev–Trinajstić information content (AvgIpc) is 3.28. The van der Waals surface area contributed by atoms with Gasteiger partial charge in [-0.05, 0) is 0 Å². The summed E-state index contributed by atoms with van der Waals surface area (Å²) in [4.78, 5) is 0. The summed E-state index contributed by atoms with van der Waals surface area (Å²) in [5.74, 6) is 0. The number of hydrogen-bond acceptors (Lipinski definition) is 30. The van der Waals surface area contributed by atoms with Crippen LogP contribution in [0.3, 0.4) is 0 Å². The molecular formula is C30H70Ar3O30. The van der Waals surface area contributed by atoms with Crippen molar-refractivity contribution < 1.29 is 266 Å². The molecule has 30 nitrogen and oxygen atoms in total. The monoisotopic (exact) mass is 1030 g/mol. The standard InChI is InChI=1S/5C6H14O6.3Ar/c5*7-1-3(9)5(11)6(12)4(10)2-8;;;/h5*3-12H,1-2H2;;;/t5*3-,4-,5-,6-;;;/m11111.../s1. The molecule has 0 aromatic heterocycles. The molecule has 33 heteroatoms. The largest absolute Gasteiger partial charge is 0.394 e. The number of rotatable bonds is 25. The third-order valence-corrected chi connectivity index (χ3v) is 7.56. The van der Waals surface area contributed by atoms with Crippen molar-refractivity contribution in [3.05, 3.63) is 0 Å². The van der Waals surface area contributed by atoms with Crippen LogP contribution < -0.4 is 0 Å². The van der Waals surface area contributed by atoms with Gasteiger partial charge in [0.25, 0.3) is 0 Å². The second-order valence-corrected chi connectivity index (χ2v) is 12.4. The van der Waals surface area contributed by atoms with E-state index in [0.717, 1.165) is 0 Å². The molecule has 0 aliphatic rings. The van der Waals surface area contributed by atoms with Crippen molar-refractivity contribution in [2.24, 2.45) is 0 Å². The SMILES string of the molecule is OC[C@@H](O)[C@@H](O)[C@H](O)[C@H](O)CO.OC[C@@H](O)[C@@H](O)[C@H](O)[C@H](O)CO.OC[C@@H](O)[C@@H](O)[C@H](O)[C@H](O)CO.OC[C@@H](O)[C@@H](O)[C@H](O)[C@H](O)CO.OC[C@@H](O)[C@@H](O)[C@H](O)[C@H](O)CO.[Ar].[Ar].[Ar]. The summed E-state index contributed by atoms with van der Waals surface area (Å²) in [6, 6.07) is 0. The molecule has 0 spiro atoms. The van der Waals surface area contributed by atoms with Crippen LogP contribution in [0.2, 0.25) is 0 Å². The van der Waals surface area contributed by atoms with E-state index < -0.39 is 188 Å². The molecule has 0 radical (unpaired) electrons. The zero-order valence-electron chi connectivity index (χ0n) is 33.1. The molecule has 0 aliphatic carbocycles. The molecule has 20 atom stereocenters. The third kappa shape index (κ3) is 37.1. The molecule has 0 bridgehead atoms. The fourth-order valence-electron chi connectivity index (χ4n) is 3.36. The van der Waals surface area contributed by atoms with Crippen molar-refractivity contribution >= 4 is 0 Å². The van der Waals surface area contributed by atoms with Crippen molar-refractivity contribution in [2.45, 2.75) is 122 Å². The molecule has 394 valence electrons. The van der Waals surface area contributed by atoms with E-state index in [9.17, 15) is 0 Å². The first-order chi connectivity index (χ1) is 27.7. The van der Waals surface area contributed by atoms with Crippen LogP contribution in [-0.2, 0) is 0 Å². The van der Waals surface area contributed by atoms with Gasteiger partial charge >= 0.3 is 0 Å². The van der Waals surface area contributed by atoms with E-state index in [0.29, 0.717) is 0 Å². The van der Waals surface area contributed by atoms with Crippen LogP contribution in [0.1, 0.15) is 0 Å². The maximum absolute atomic E-state index is 8.96. The van der Waals surface area contributed by atoms with Gasteiger partial charge < -0.3 is 153 Å². The van der Waals surface area contributed by atoms with Gasteiger partial charge in [0.1, 0.15) is 122 Å². The van der Waals surface area contributed by atoms with E-state index in [1.165, 1.54) is 0 Å². The van der Waals surface area contributed by atoms with Crippen LogP contribution in [0, 0.1) is 113 Å². The molecule has 0 heterocycles. The van der Waals surface area contributed by atoms with Crippen molar-refractivity contribution in [2.75, 3.05) is 66.1 Å². The van der Waals surface area contributed by atoms with Gasteiger partial charge in [0.2, 0.25) is 0 Å². The van der Waals surface area contributed by atoms with Crippen LogP contribution in [-0.4, -0.2) is 341 Å². The minimum absolute atomic E-state index is 0. The van der Waals surface area contributed by atoms with E-state index in [-0.39, 0.29) is 113 Å². The molecule has 0 rings (SSSR count). The van der Waals surface area contributed by atoms with E-state index in [4.69, 9.17) is 153 Å². The fourth-order valence-corrected chi connectivity index (χ4v) is 3.36. The first-order valence-corrected chi connectivity index (χ1v) is 17.4. The molecule has 0 saturated heterocycles. The Labute approximate surface area is 450 Å². The minimum atomic E-state index is -1.67. The summed E-state index contributed by atoms with van der Waals surface area (Å²) in [5.41, 5.74) is 0. The normalized spacial score (nSPS) is 20.5. The minimum Gasteiger partial charge on any atom is -0.394 e. The van der Waals surface area contributed by atoms with Crippen LogP contribution in [0.5, 0.6) is 0 Å². The number of aliphatic hydroxyl groups is 30. The molecule has 0 aliphatic heterocycles. The first kappa shape index (κ1) is 82.5. The maximum atomic E-state index is 8.96. The molecule has 0 saturated carbocycles. The molecule has 0 fully saturated rings. The van der Waals surface area contributed by atoms with Gasteiger partial charge in [-0.2, -0.15) is 0 Å². The second kappa shape index (κ2) is 49.6. The molecule has 0 aromatic carbocycles. The van der Waals surface area contributed by atoms with Crippen LogP contribution >= 0.6 is 0 Å². The zero-order chi connectivity index (χ0) is 48.6. The van der Waals surface area contributed by atoms with E-state index >= 15 is 0 Å². The Morgan fingerprint density at radius 2 is 0.190 bits per heavy atom. The van der Waals surface area contributed by atoms with Crippen LogP contribution in [0.15, 0.2) is 0 Å². The second-order valence-electron chi connectivity index (χ2n) is 12.4. The summed E-state index contributed by atoms with van der Waals surface area (Å²) in [5, 5.41) is 261. The van der Waals surface area contributed by atoms with Crippen molar-refractivity contribution in [1.29, 1.82) is 0 Å². The molecule has 30 N–H and O–H groups in total. The Morgan fingerprint density at radius 3 is 0.222 bits per heavy atom. The number of hydrogen-bond donors (Lipinski definition) is 30. The summed E-state index contributed by atoms with van der Waals surface area (Å²) in [7, 11) is 0. The van der Waals surface area contributed by atoms with Gasteiger partial charge in [0.15, 0.2) is 0 Å². The Kier molecular flexibility index (Phi) is 64.9. The number of aliphatic hydroxyl groups excluding tert-OH is 30. The zero-order valence-corrected chi connectivity index (χ0v) is 35.2. The Morgan fingerprint density at radius 1 is 0.143 bits per heavy atom. The average molecular weight is 1030 g/mol. The van der Waals surface area contributed by atoms with Crippen LogP contribution in [0.25, 0.3) is 0 Å². The molecule has 0 aromatic rings. The summed E-state index contributed by atoms with van der Waals surface area (Å²) >= 11 is 0. The van der Waals surface area contributed by atoms with E-state index in [1.807, 2.05) is 0 Å². The predicted octanol–water partition coefficient (Wildman–Crippen LogP) is -17.9. The van der Waals surface area contributed by atoms with Gasteiger partial charge in [-0.25, -0.2) is 0 Å². The third-order valence-electron chi connectivity index (χ3n) is 7.56. The van der Waals surface area contributed by atoms with Gasteiger partial charge in [0, 0.05) is 113 Å². The van der Waals surface area contributed by atoms with Crippen molar-refractivity contribution in [3.8, 4) is 0 Å². The summed E-state index contributed by atoms with van der Waals surface area (Å²) < 4.78 is 0. The quantitative estimate of drug-likeness (QED) is 0.0404. The van der Waals surface area contributed by atoms with Crippen molar-refractivity contribution in [1.82, 2.24) is 0 Å². The topological polar surface area (TPSA) is 607 Å².